The van der Waals surface area contributed by atoms with E-state index in [9.17, 15) is 4.79 Å². The van der Waals surface area contributed by atoms with Crippen LogP contribution in [0.4, 0.5) is 5.69 Å². The molecule has 0 fully saturated rings. The van der Waals surface area contributed by atoms with E-state index in [1.807, 2.05) is 51.4 Å². The average Bonchev–Trinajstić information content (AvgIpc) is 2.35. The van der Waals surface area contributed by atoms with Gasteiger partial charge in [0.25, 0.3) is 0 Å². The largest absolute Gasteiger partial charge is 0.464 e. The van der Waals surface area contributed by atoms with Crippen molar-refractivity contribution in [1.82, 2.24) is 4.90 Å². The minimum Gasteiger partial charge on any atom is -0.464 e. The molecular formula is C14H22N2O2. The molecule has 0 amide bonds. The second-order valence-electron chi connectivity index (χ2n) is 4.41. The number of hydrogen-bond acceptors (Lipinski definition) is 4. The van der Waals surface area contributed by atoms with Crippen molar-refractivity contribution in [3.63, 3.8) is 0 Å². The number of hydrogen-bond donors (Lipinski definition) is 1. The maximum atomic E-state index is 11.9. The fraction of sp³-hybridized carbons (Fsp3) is 0.500. The van der Waals surface area contributed by atoms with Gasteiger partial charge in [-0.05, 0) is 39.6 Å². The number of carbonyl (C=O) groups excluding carboxylic acids is 1. The number of benzene rings is 1. The maximum absolute atomic E-state index is 11.9. The van der Waals surface area contributed by atoms with Crippen LogP contribution in [0, 0.1) is 0 Å². The molecule has 0 saturated carbocycles. The van der Waals surface area contributed by atoms with E-state index in [4.69, 9.17) is 4.74 Å². The van der Waals surface area contributed by atoms with E-state index in [2.05, 4.69) is 10.2 Å². The van der Waals surface area contributed by atoms with Crippen LogP contribution >= 0.6 is 0 Å². The molecule has 0 saturated heterocycles. The normalized spacial score (nSPS) is 12.2. The molecule has 1 atom stereocenters. The smallest absolute Gasteiger partial charge is 0.328 e. The first kappa shape index (κ1) is 14.5. The molecule has 4 heteroatoms. The summed E-state index contributed by atoms with van der Waals surface area (Å²) < 4.78 is 5.09. The average molecular weight is 250 g/mol. The van der Waals surface area contributed by atoms with Crippen molar-refractivity contribution in [2.75, 3.05) is 32.6 Å². The molecule has 0 aromatic heterocycles. The van der Waals surface area contributed by atoms with Crippen LogP contribution in [-0.4, -0.2) is 44.2 Å². The summed E-state index contributed by atoms with van der Waals surface area (Å²) >= 11 is 0. The third kappa shape index (κ3) is 5.19. The molecular weight excluding hydrogens is 228 g/mol. The quantitative estimate of drug-likeness (QED) is 0.751. The highest BCUT2D eigenvalue weighted by Gasteiger charge is 2.19. The summed E-state index contributed by atoms with van der Waals surface area (Å²) in [6.45, 7) is 3.07. The van der Waals surface area contributed by atoms with Crippen molar-refractivity contribution in [3.8, 4) is 0 Å². The lowest BCUT2D eigenvalue weighted by molar-refractivity contribution is -0.144. The molecule has 100 valence electrons. The van der Waals surface area contributed by atoms with Crippen molar-refractivity contribution < 1.29 is 9.53 Å². The lowest BCUT2D eigenvalue weighted by atomic mass is 10.2. The molecule has 0 spiro atoms. The van der Waals surface area contributed by atoms with Crippen molar-refractivity contribution >= 4 is 11.7 Å². The highest BCUT2D eigenvalue weighted by Crippen LogP contribution is 2.10. The third-order valence-corrected chi connectivity index (χ3v) is 2.55. The van der Waals surface area contributed by atoms with Gasteiger partial charge in [-0.1, -0.05) is 18.2 Å². The Balaban J connectivity index is 2.62. The lowest BCUT2D eigenvalue weighted by Gasteiger charge is -2.20. The Morgan fingerprint density at radius 3 is 2.56 bits per heavy atom. The molecule has 0 heterocycles. The molecule has 1 aromatic carbocycles. The maximum Gasteiger partial charge on any atom is 0.328 e. The van der Waals surface area contributed by atoms with Crippen LogP contribution in [0.15, 0.2) is 30.3 Å². The Morgan fingerprint density at radius 2 is 2.00 bits per heavy atom. The zero-order chi connectivity index (χ0) is 13.4. The summed E-state index contributed by atoms with van der Waals surface area (Å²) in [5.74, 6) is -0.191. The van der Waals surface area contributed by atoms with Gasteiger partial charge < -0.3 is 15.0 Å². The van der Waals surface area contributed by atoms with Gasteiger partial charge in [-0.25, -0.2) is 4.79 Å². The van der Waals surface area contributed by atoms with Gasteiger partial charge in [0, 0.05) is 12.2 Å². The van der Waals surface area contributed by atoms with E-state index < -0.39 is 0 Å². The Labute approximate surface area is 109 Å². The molecule has 1 rings (SSSR count). The van der Waals surface area contributed by atoms with Gasteiger partial charge in [-0.15, -0.1) is 0 Å². The van der Waals surface area contributed by atoms with E-state index in [1.165, 1.54) is 0 Å². The number of esters is 1. The summed E-state index contributed by atoms with van der Waals surface area (Å²) in [5, 5.41) is 3.22. The Morgan fingerprint density at radius 1 is 1.33 bits per heavy atom. The van der Waals surface area contributed by atoms with Crippen LogP contribution < -0.4 is 5.32 Å². The van der Waals surface area contributed by atoms with Gasteiger partial charge in [0.2, 0.25) is 0 Å². The molecule has 0 aliphatic carbocycles. The van der Waals surface area contributed by atoms with Crippen LogP contribution in [0.1, 0.15) is 13.3 Å². The molecule has 0 radical (unpaired) electrons. The minimum absolute atomic E-state index is 0.191. The van der Waals surface area contributed by atoms with Crippen molar-refractivity contribution in [2.45, 2.75) is 19.4 Å². The van der Waals surface area contributed by atoms with Crippen LogP contribution in [0.2, 0.25) is 0 Å². The molecule has 0 aliphatic heterocycles. The Hall–Kier alpha value is -1.55. The SMILES string of the molecule is CCOC(=O)[C@@H](CCN(C)C)Nc1ccccc1. The topological polar surface area (TPSA) is 41.6 Å². The first-order valence-corrected chi connectivity index (χ1v) is 6.26. The number of rotatable bonds is 7. The summed E-state index contributed by atoms with van der Waals surface area (Å²) in [7, 11) is 3.98. The van der Waals surface area contributed by atoms with Gasteiger partial charge in [0.15, 0.2) is 0 Å². The van der Waals surface area contributed by atoms with Gasteiger partial charge in [0.05, 0.1) is 6.61 Å². The monoisotopic (exact) mass is 250 g/mol. The molecule has 0 bridgehead atoms. The number of para-hydroxylation sites is 1. The first-order valence-electron chi connectivity index (χ1n) is 6.26. The van der Waals surface area contributed by atoms with Gasteiger partial charge in [-0.2, -0.15) is 0 Å². The molecule has 1 N–H and O–H groups in total. The lowest BCUT2D eigenvalue weighted by Crippen LogP contribution is -2.34. The van der Waals surface area contributed by atoms with Gasteiger partial charge in [0.1, 0.15) is 6.04 Å². The highest BCUT2D eigenvalue weighted by atomic mass is 16.5. The summed E-state index contributed by atoms with van der Waals surface area (Å²) in [4.78, 5) is 13.9. The van der Waals surface area contributed by atoms with Crippen LogP contribution in [-0.2, 0) is 9.53 Å². The number of ether oxygens (including phenoxy) is 1. The summed E-state index contributed by atoms with van der Waals surface area (Å²) in [5.41, 5.74) is 0.939. The summed E-state index contributed by atoms with van der Waals surface area (Å²) in [6, 6.07) is 9.43. The van der Waals surface area contributed by atoms with E-state index in [0.29, 0.717) is 6.61 Å². The highest BCUT2D eigenvalue weighted by molar-refractivity contribution is 5.79. The molecule has 18 heavy (non-hydrogen) atoms. The number of nitrogens with zero attached hydrogens (tertiary/aromatic N) is 1. The molecule has 4 nitrogen and oxygen atoms in total. The van der Waals surface area contributed by atoms with Crippen LogP contribution in [0.25, 0.3) is 0 Å². The molecule has 0 aliphatic rings. The fourth-order valence-corrected chi connectivity index (χ4v) is 1.61. The number of carbonyl (C=O) groups is 1. The molecule has 0 unspecified atom stereocenters. The van der Waals surface area contributed by atoms with Gasteiger partial charge in [-0.3, -0.25) is 0 Å². The second kappa shape index (κ2) is 7.71. The van der Waals surface area contributed by atoms with Crippen LogP contribution in [0.3, 0.4) is 0 Å². The predicted molar refractivity (Wildman–Crippen MR) is 73.7 cm³/mol. The Kier molecular flexibility index (Phi) is 6.22. The first-order chi connectivity index (χ1) is 8.63. The van der Waals surface area contributed by atoms with E-state index in [1.54, 1.807) is 0 Å². The zero-order valence-electron chi connectivity index (χ0n) is 11.3. The number of nitrogens with one attached hydrogen (secondary N) is 1. The predicted octanol–water partition coefficient (Wildman–Crippen LogP) is 1.98. The fourth-order valence-electron chi connectivity index (χ4n) is 1.61. The van der Waals surface area contributed by atoms with Crippen molar-refractivity contribution in [2.24, 2.45) is 0 Å². The standard InChI is InChI=1S/C14H22N2O2/c1-4-18-14(17)13(10-11-16(2)3)15-12-8-6-5-7-9-12/h5-9,13,15H,4,10-11H2,1-3H3/t13-/m1/s1. The third-order valence-electron chi connectivity index (χ3n) is 2.55. The van der Waals surface area contributed by atoms with Crippen LogP contribution in [0.5, 0.6) is 0 Å². The summed E-state index contributed by atoms with van der Waals surface area (Å²) in [6.07, 6.45) is 0.723. The zero-order valence-corrected chi connectivity index (χ0v) is 11.3. The van der Waals surface area contributed by atoms with Crippen molar-refractivity contribution in [1.29, 1.82) is 0 Å². The van der Waals surface area contributed by atoms with E-state index in [0.717, 1.165) is 18.7 Å². The second-order valence-corrected chi connectivity index (χ2v) is 4.41. The number of anilines is 1. The molecule has 1 aromatic rings. The minimum atomic E-state index is -0.297. The van der Waals surface area contributed by atoms with E-state index in [-0.39, 0.29) is 12.0 Å². The Bertz CT molecular complexity index is 352. The van der Waals surface area contributed by atoms with E-state index >= 15 is 0 Å². The van der Waals surface area contributed by atoms with Crippen molar-refractivity contribution in [3.05, 3.63) is 30.3 Å². The van der Waals surface area contributed by atoms with Gasteiger partial charge >= 0.3 is 5.97 Å².